The van der Waals surface area contributed by atoms with Gasteiger partial charge in [0.15, 0.2) is 5.78 Å². The molecule has 4 heteroatoms. The van der Waals surface area contributed by atoms with Crippen molar-refractivity contribution in [2.45, 2.75) is 59.8 Å². The number of nitrogens with zero attached hydrogens (tertiary/aromatic N) is 1. The molecule has 0 aromatic heterocycles. The number of piperidine rings is 1. The summed E-state index contributed by atoms with van der Waals surface area (Å²) in [6, 6.07) is 6.21. The average Bonchev–Trinajstić information content (AvgIpc) is 2.65. The number of ketones is 1. The van der Waals surface area contributed by atoms with Crippen LogP contribution in [0.25, 0.3) is 0 Å². The highest BCUT2D eigenvalue weighted by molar-refractivity contribution is 5.83. The third-order valence-corrected chi connectivity index (χ3v) is 6.19. The Bertz CT molecular complexity index is 636. The van der Waals surface area contributed by atoms with Crippen molar-refractivity contribution in [1.82, 2.24) is 5.32 Å². The van der Waals surface area contributed by atoms with Gasteiger partial charge in [0.25, 0.3) is 0 Å². The number of benzene rings is 1. The maximum Gasteiger partial charge on any atom is 0.228 e. The van der Waals surface area contributed by atoms with E-state index in [9.17, 15) is 9.59 Å². The summed E-state index contributed by atoms with van der Waals surface area (Å²) in [5.41, 5.74) is 3.55. The van der Waals surface area contributed by atoms with Gasteiger partial charge in [-0.05, 0) is 56.7 Å². The molecule has 0 saturated carbocycles. The number of nitrogens with one attached hydrogen (secondary N) is 1. The lowest BCUT2D eigenvalue weighted by atomic mass is 9.93. The second kappa shape index (κ2) is 10.0. The van der Waals surface area contributed by atoms with Crippen LogP contribution in [0.1, 0.15) is 56.2 Å². The van der Waals surface area contributed by atoms with Crippen LogP contribution in [0.5, 0.6) is 0 Å². The fourth-order valence-corrected chi connectivity index (χ4v) is 4.37. The minimum absolute atomic E-state index is 0.0450. The van der Waals surface area contributed by atoms with Crippen LogP contribution in [0.3, 0.4) is 0 Å². The van der Waals surface area contributed by atoms with Gasteiger partial charge in [0.1, 0.15) is 6.54 Å². The quantitative estimate of drug-likeness (QED) is 0.531. The Kier molecular flexibility index (Phi) is 8.03. The van der Waals surface area contributed by atoms with Crippen LogP contribution in [0.2, 0.25) is 0 Å². The lowest BCUT2D eigenvalue weighted by Gasteiger charge is -2.43. The van der Waals surface area contributed by atoms with Gasteiger partial charge in [-0.1, -0.05) is 31.5 Å². The number of unbranched alkanes of at least 4 members (excludes halogenated alkanes) is 1. The number of hydrogen-bond acceptors (Lipinski definition) is 2. The van der Waals surface area contributed by atoms with E-state index >= 15 is 0 Å². The molecule has 1 aliphatic heterocycles. The molecular weight excluding hydrogens is 336 g/mol. The summed E-state index contributed by atoms with van der Waals surface area (Å²) in [4.78, 5) is 25.5. The predicted molar refractivity (Wildman–Crippen MR) is 111 cm³/mol. The van der Waals surface area contributed by atoms with Gasteiger partial charge < -0.3 is 9.80 Å². The Morgan fingerprint density at radius 1 is 1.19 bits per heavy atom. The molecule has 0 bridgehead atoms. The summed E-state index contributed by atoms with van der Waals surface area (Å²) in [7, 11) is 0. The van der Waals surface area contributed by atoms with Gasteiger partial charge in [0, 0.05) is 13.0 Å². The molecule has 1 heterocycles. The van der Waals surface area contributed by atoms with Crippen LogP contribution < -0.4 is 5.32 Å². The molecule has 150 valence electrons. The zero-order chi connectivity index (χ0) is 19.9. The first-order valence-corrected chi connectivity index (χ1v) is 10.6. The number of likely N-dealkylation sites (N-methyl/N-ethyl adjacent to an activating group) is 1. The van der Waals surface area contributed by atoms with Crippen molar-refractivity contribution < 1.29 is 14.1 Å². The maximum atomic E-state index is 12.9. The van der Waals surface area contributed by atoms with Crippen molar-refractivity contribution in [3.05, 3.63) is 34.9 Å². The summed E-state index contributed by atoms with van der Waals surface area (Å²) >= 11 is 0. The standard InChI is InChI=1S/C23H36N2O2/c1-5-7-13-24-23(27)20-12-9-14-25(6-2,16-20)17-21(26)15-22-18(3)10-8-11-19(22)4/h8,10-11,20H,5-7,9,12-17H2,1-4H3/p+1. The molecule has 0 aliphatic carbocycles. The van der Waals surface area contributed by atoms with Gasteiger partial charge in [-0.25, -0.2) is 0 Å². The summed E-state index contributed by atoms with van der Waals surface area (Å²) in [5, 5.41) is 3.09. The van der Waals surface area contributed by atoms with Crippen LogP contribution in [0.15, 0.2) is 18.2 Å². The maximum absolute atomic E-state index is 12.9. The lowest BCUT2D eigenvalue weighted by Crippen LogP contribution is -2.58. The smallest absolute Gasteiger partial charge is 0.228 e. The van der Waals surface area contributed by atoms with E-state index in [1.807, 2.05) is 6.07 Å². The van der Waals surface area contributed by atoms with E-state index < -0.39 is 0 Å². The normalized spacial score (nSPS) is 22.4. The predicted octanol–water partition coefficient (Wildman–Crippen LogP) is 3.58. The number of hydrogen-bond donors (Lipinski definition) is 1. The number of amides is 1. The Morgan fingerprint density at radius 2 is 1.89 bits per heavy atom. The van der Waals surface area contributed by atoms with E-state index in [4.69, 9.17) is 0 Å². The monoisotopic (exact) mass is 373 g/mol. The second-order valence-corrected chi connectivity index (χ2v) is 8.29. The SMILES string of the molecule is CCCCNC(=O)C1CCC[N+](CC)(CC(=O)Cc2c(C)cccc2C)C1. The summed E-state index contributed by atoms with van der Waals surface area (Å²) in [5.74, 6) is 0.520. The molecule has 0 radical (unpaired) electrons. The van der Waals surface area contributed by atoms with E-state index in [-0.39, 0.29) is 11.8 Å². The molecule has 0 spiro atoms. The second-order valence-electron chi connectivity index (χ2n) is 8.29. The highest BCUT2D eigenvalue weighted by Crippen LogP contribution is 2.25. The van der Waals surface area contributed by atoms with Gasteiger partial charge in [-0.2, -0.15) is 0 Å². The minimum Gasteiger partial charge on any atom is -0.356 e. The molecule has 2 unspecified atom stereocenters. The molecule has 1 aliphatic rings. The average molecular weight is 374 g/mol. The van der Waals surface area contributed by atoms with E-state index in [1.165, 1.54) is 16.7 Å². The first-order valence-electron chi connectivity index (χ1n) is 10.6. The molecule has 1 aromatic rings. The minimum atomic E-state index is 0.0450. The number of likely N-dealkylation sites (tertiary alicyclic amines) is 1. The molecule has 1 N–H and O–H groups in total. The first kappa shape index (κ1) is 21.6. The van der Waals surface area contributed by atoms with Crippen molar-refractivity contribution in [2.75, 3.05) is 32.7 Å². The fraction of sp³-hybridized carbons (Fsp3) is 0.652. The van der Waals surface area contributed by atoms with Crippen molar-refractivity contribution >= 4 is 11.7 Å². The molecule has 2 atom stereocenters. The zero-order valence-electron chi connectivity index (χ0n) is 17.6. The van der Waals surface area contributed by atoms with Crippen molar-refractivity contribution in [1.29, 1.82) is 0 Å². The summed E-state index contributed by atoms with van der Waals surface area (Å²) in [6.07, 6.45) is 4.60. The number of carbonyl (C=O) groups excluding carboxylic acids is 2. The Morgan fingerprint density at radius 3 is 2.52 bits per heavy atom. The van der Waals surface area contributed by atoms with Gasteiger partial charge in [-0.15, -0.1) is 0 Å². The highest BCUT2D eigenvalue weighted by atomic mass is 16.2. The largest absolute Gasteiger partial charge is 0.356 e. The van der Waals surface area contributed by atoms with E-state index in [1.54, 1.807) is 0 Å². The van der Waals surface area contributed by atoms with Crippen LogP contribution in [-0.2, 0) is 16.0 Å². The lowest BCUT2D eigenvalue weighted by molar-refractivity contribution is -0.925. The van der Waals surface area contributed by atoms with E-state index in [0.717, 1.165) is 56.3 Å². The number of Topliss-reactive ketones (excluding diaryl/α,β-unsaturated/α-hetero) is 1. The van der Waals surface area contributed by atoms with Gasteiger partial charge >= 0.3 is 0 Å². The third-order valence-electron chi connectivity index (χ3n) is 6.19. The topological polar surface area (TPSA) is 46.2 Å². The molecule has 1 saturated heterocycles. The van der Waals surface area contributed by atoms with E-state index in [2.05, 4.69) is 45.1 Å². The fourth-order valence-electron chi connectivity index (χ4n) is 4.37. The van der Waals surface area contributed by atoms with Gasteiger partial charge in [0.2, 0.25) is 5.91 Å². The van der Waals surface area contributed by atoms with Crippen LogP contribution in [-0.4, -0.2) is 48.9 Å². The molecule has 2 rings (SSSR count). The molecule has 27 heavy (non-hydrogen) atoms. The van der Waals surface area contributed by atoms with Crippen LogP contribution in [0, 0.1) is 19.8 Å². The van der Waals surface area contributed by atoms with Gasteiger partial charge in [-0.3, -0.25) is 9.59 Å². The van der Waals surface area contributed by atoms with Crippen molar-refractivity contribution in [2.24, 2.45) is 5.92 Å². The molecule has 1 amide bonds. The first-order chi connectivity index (χ1) is 12.9. The van der Waals surface area contributed by atoms with E-state index in [0.29, 0.717) is 18.7 Å². The van der Waals surface area contributed by atoms with Crippen molar-refractivity contribution in [3.8, 4) is 0 Å². The molecule has 1 fully saturated rings. The summed E-state index contributed by atoms with van der Waals surface area (Å²) in [6.45, 7) is 12.5. The Hall–Kier alpha value is -1.68. The van der Waals surface area contributed by atoms with Crippen LogP contribution >= 0.6 is 0 Å². The number of aryl methyl sites for hydroxylation is 2. The third kappa shape index (κ3) is 5.90. The number of rotatable bonds is 9. The zero-order valence-corrected chi connectivity index (χ0v) is 17.6. The highest BCUT2D eigenvalue weighted by Gasteiger charge is 2.38. The number of carbonyl (C=O) groups is 2. The molecule has 4 nitrogen and oxygen atoms in total. The molecule has 1 aromatic carbocycles. The Labute approximate surface area is 164 Å². The van der Waals surface area contributed by atoms with Crippen molar-refractivity contribution in [3.63, 3.8) is 0 Å². The summed E-state index contributed by atoms with van der Waals surface area (Å²) < 4.78 is 0.760. The Balaban J connectivity index is 2.01. The van der Waals surface area contributed by atoms with Gasteiger partial charge in [0.05, 0.1) is 25.6 Å². The van der Waals surface area contributed by atoms with Crippen LogP contribution in [0.4, 0.5) is 0 Å². The number of quaternary nitrogens is 1. The molecular formula is C23H37N2O2+.